The number of fused-ring (bicyclic) bond motifs is 2. The maximum Gasteiger partial charge on any atom is 0.266 e. The van der Waals surface area contributed by atoms with Crippen molar-refractivity contribution < 1.29 is 18.7 Å². The Morgan fingerprint density at radius 3 is 3.08 bits per heavy atom. The number of anilines is 1. The standard InChI is InChI=1S/C19H18FN3O3/c1-12-15-9-14(20)5-4-13(15)6-8-22(12)17(24)10-23-18(25)11-26-16-3-2-7-21-19(16)23/h2-5,7,9,12H,6,8,10-11H2,1H3/t12-/m1/s1. The Hall–Kier alpha value is -2.96. The third-order valence-corrected chi connectivity index (χ3v) is 4.92. The predicted molar refractivity (Wildman–Crippen MR) is 92.3 cm³/mol. The maximum atomic E-state index is 13.6. The number of ether oxygens (including phenoxy) is 1. The zero-order valence-electron chi connectivity index (χ0n) is 14.3. The number of amides is 2. The number of nitrogens with zero attached hydrogens (tertiary/aromatic N) is 3. The predicted octanol–water partition coefficient (Wildman–Crippen LogP) is 2.09. The Morgan fingerprint density at radius 1 is 1.38 bits per heavy atom. The van der Waals surface area contributed by atoms with Crippen LogP contribution in [-0.2, 0) is 16.0 Å². The van der Waals surface area contributed by atoms with Crippen molar-refractivity contribution >= 4 is 17.6 Å². The van der Waals surface area contributed by atoms with Crippen LogP contribution in [0.2, 0.25) is 0 Å². The normalized spacial score (nSPS) is 18.8. The van der Waals surface area contributed by atoms with E-state index in [1.54, 1.807) is 29.3 Å². The van der Waals surface area contributed by atoms with Crippen molar-refractivity contribution in [3.05, 3.63) is 53.5 Å². The average Bonchev–Trinajstić information content (AvgIpc) is 2.65. The largest absolute Gasteiger partial charge is 0.480 e. The number of hydrogen-bond donors (Lipinski definition) is 0. The molecule has 7 heteroatoms. The second kappa shape index (κ2) is 6.40. The average molecular weight is 355 g/mol. The van der Waals surface area contributed by atoms with Gasteiger partial charge in [-0.05, 0) is 48.7 Å². The quantitative estimate of drug-likeness (QED) is 0.828. The van der Waals surface area contributed by atoms with Crippen LogP contribution in [0.3, 0.4) is 0 Å². The van der Waals surface area contributed by atoms with E-state index in [2.05, 4.69) is 4.98 Å². The summed E-state index contributed by atoms with van der Waals surface area (Å²) in [6.07, 6.45) is 2.22. The van der Waals surface area contributed by atoms with Crippen LogP contribution in [0.5, 0.6) is 5.75 Å². The van der Waals surface area contributed by atoms with Gasteiger partial charge in [0, 0.05) is 12.7 Å². The summed E-state index contributed by atoms with van der Waals surface area (Å²) in [5, 5.41) is 0. The zero-order chi connectivity index (χ0) is 18.3. The molecule has 26 heavy (non-hydrogen) atoms. The highest BCUT2D eigenvalue weighted by molar-refractivity contribution is 6.01. The molecule has 0 fully saturated rings. The minimum Gasteiger partial charge on any atom is -0.480 e. The van der Waals surface area contributed by atoms with Crippen molar-refractivity contribution in [2.24, 2.45) is 0 Å². The van der Waals surface area contributed by atoms with E-state index < -0.39 is 0 Å². The van der Waals surface area contributed by atoms with Crippen LogP contribution in [0.4, 0.5) is 10.2 Å². The Bertz CT molecular complexity index is 886. The van der Waals surface area contributed by atoms with Crippen LogP contribution >= 0.6 is 0 Å². The monoisotopic (exact) mass is 355 g/mol. The van der Waals surface area contributed by atoms with Gasteiger partial charge in [-0.15, -0.1) is 0 Å². The van der Waals surface area contributed by atoms with Gasteiger partial charge in [-0.2, -0.15) is 0 Å². The lowest BCUT2D eigenvalue weighted by Crippen LogP contribution is -2.48. The van der Waals surface area contributed by atoms with Crippen molar-refractivity contribution in [2.45, 2.75) is 19.4 Å². The van der Waals surface area contributed by atoms with Crippen LogP contribution < -0.4 is 9.64 Å². The summed E-state index contributed by atoms with van der Waals surface area (Å²) >= 11 is 0. The molecule has 0 unspecified atom stereocenters. The maximum absolute atomic E-state index is 13.6. The highest BCUT2D eigenvalue weighted by atomic mass is 19.1. The SMILES string of the molecule is C[C@@H]1c2cc(F)ccc2CCN1C(=O)CN1C(=O)COc2cccnc21. The summed E-state index contributed by atoms with van der Waals surface area (Å²) < 4.78 is 19.0. The van der Waals surface area contributed by atoms with Crippen molar-refractivity contribution in [2.75, 3.05) is 24.6 Å². The minimum atomic E-state index is -0.314. The van der Waals surface area contributed by atoms with Gasteiger partial charge in [0.1, 0.15) is 12.4 Å². The van der Waals surface area contributed by atoms with Gasteiger partial charge in [0.15, 0.2) is 18.2 Å². The van der Waals surface area contributed by atoms with Gasteiger partial charge in [0.2, 0.25) is 5.91 Å². The number of pyridine rings is 1. The fraction of sp³-hybridized carbons (Fsp3) is 0.316. The Labute approximate surface area is 150 Å². The number of rotatable bonds is 2. The van der Waals surface area contributed by atoms with Crippen molar-refractivity contribution in [1.82, 2.24) is 9.88 Å². The molecule has 0 saturated carbocycles. The molecule has 0 aliphatic carbocycles. The summed E-state index contributed by atoms with van der Waals surface area (Å²) in [5.41, 5.74) is 1.87. The Morgan fingerprint density at radius 2 is 2.23 bits per heavy atom. The van der Waals surface area contributed by atoms with E-state index in [0.717, 1.165) is 11.1 Å². The van der Waals surface area contributed by atoms with Gasteiger partial charge in [-0.3, -0.25) is 14.5 Å². The molecule has 6 nitrogen and oxygen atoms in total. The molecule has 134 valence electrons. The fourth-order valence-electron chi connectivity index (χ4n) is 3.55. The van der Waals surface area contributed by atoms with E-state index in [1.165, 1.54) is 17.0 Å². The van der Waals surface area contributed by atoms with Crippen LogP contribution in [-0.4, -0.2) is 41.4 Å². The van der Waals surface area contributed by atoms with E-state index in [-0.39, 0.29) is 36.8 Å². The molecular formula is C19H18FN3O3. The third kappa shape index (κ3) is 2.79. The Kier molecular flexibility index (Phi) is 4.06. The van der Waals surface area contributed by atoms with E-state index in [9.17, 15) is 14.0 Å². The molecule has 1 atom stereocenters. The van der Waals surface area contributed by atoms with Gasteiger partial charge in [0.25, 0.3) is 5.91 Å². The van der Waals surface area contributed by atoms with Gasteiger partial charge in [-0.1, -0.05) is 6.07 Å². The molecule has 2 aliphatic heterocycles. The van der Waals surface area contributed by atoms with Crippen molar-refractivity contribution in [1.29, 1.82) is 0 Å². The molecule has 2 amide bonds. The van der Waals surface area contributed by atoms with Crippen molar-refractivity contribution in [3.63, 3.8) is 0 Å². The van der Waals surface area contributed by atoms with Crippen LogP contribution in [0.15, 0.2) is 36.5 Å². The van der Waals surface area contributed by atoms with Gasteiger partial charge in [-0.25, -0.2) is 9.37 Å². The fourth-order valence-corrected chi connectivity index (χ4v) is 3.55. The zero-order valence-corrected chi connectivity index (χ0v) is 14.3. The first-order chi connectivity index (χ1) is 12.5. The van der Waals surface area contributed by atoms with E-state index >= 15 is 0 Å². The number of carbonyl (C=O) groups excluding carboxylic acids is 2. The van der Waals surface area contributed by atoms with Crippen molar-refractivity contribution in [3.8, 4) is 5.75 Å². The summed E-state index contributed by atoms with van der Waals surface area (Å²) in [6, 6.07) is 7.88. The minimum absolute atomic E-state index is 0.110. The van der Waals surface area contributed by atoms with E-state index in [4.69, 9.17) is 4.74 Å². The second-order valence-electron chi connectivity index (χ2n) is 6.45. The number of carbonyl (C=O) groups is 2. The number of aromatic nitrogens is 1. The smallest absolute Gasteiger partial charge is 0.266 e. The molecule has 0 bridgehead atoms. The first-order valence-electron chi connectivity index (χ1n) is 8.50. The summed E-state index contributed by atoms with van der Waals surface area (Å²) in [7, 11) is 0. The summed E-state index contributed by atoms with van der Waals surface area (Å²) in [4.78, 5) is 32.4. The van der Waals surface area contributed by atoms with E-state index in [1.807, 2.05) is 6.92 Å². The molecule has 1 aromatic heterocycles. The third-order valence-electron chi connectivity index (χ3n) is 4.92. The highest BCUT2D eigenvalue weighted by Gasteiger charge is 2.33. The molecule has 3 heterocycles. The molecule has 1 aromatic carbocycles. The molecule has 0 N–H and O–H groups in total. The lowest BCUT2D eigenvalue weighted by atomic mass is 9.93. The van der Waals surface area contributed by atoms with E-state index in [0.29, 0.717) is 24.5 Å². The molecule has 2 aliphatic rings. The highest BCUT2D eigenvalue weighted by Crippen LogP contribution is 2.32. The molecule has 0 radical (unpaired) electrons. The Balaban J connectivity index is 1.57. The van der Waals surface area contributed by atoms with Gasteiger partial charge >= 0.3 is 0 Å². The first-order valence-corrected chi connectivity index (χ1v) is 8.50. The van der Waals surface area contributed by atoms with Crippen LogP contribution in [0.1, 0.15) is 24.1 Å². The molecule has 0 saturated heterocycles. The van der Waals surface area contributed by atoms with Gasteiger partial charge < -0.3 is 9.64 Å². The number of hydrogen-bond acceptors (Lipinski definition) is 4. The first kappa shape index (κ1) is 16.5. The topological polar surface area (TPSA) is 62.7 Å². The molecule has 0 spiro atoms. The molecule has 4 rings (SSSR count). The summed E-state index contributed by atoms with van der Waals surface area (Å²) in [6.45, 7) is 2.19. The van der Waals surface area contributed by atoms with Gasteiger partial charge in [0.05, 0.1) is 6.04 Å². The molecular weight excluding hydrogens is 337 g/mol. The number of benzene rings is 1. The lowest BCUT2D eigenvalue weighted by molar-refractivity contribution is -0.134. The lowest BCUT2D eigenvalue weighted by Gasteiger charge is -2.37. The number of halogens is 1. The summed E-state index contributed by atoms with van der Waals surface area (Å²) in [5.74, 6) is 0.0264. The van der Waals surface area contributed by atoms with Crippen LogP contribution in [0.25, 0.3) is 0 Å². The second-order valence-corrected chi connectivity index (χ2v) is 6.45. The van der Waals surface area contributed by atoms with Crippen LogP contribution in [0, 0.1) is 5.82 Å². The molecule has 2 aromatic rings.